The predicted octanol–water partition coefficient (Wildman–Crippen LogP) is 3.38. The molecule has 1 aliphatic rings. The Kier molecular flexibility index (Phi) is 5.59. The molecule has 0 aliphatic carbocycles. The van der Waals surface area contributed by atoms with Gasteiger partial charge in [-0.3, -0.25) is 4.79 Å². The molecule has 25 heavy (non-hydrogen) atoms. The molecule has 0 unspecified atom stereocenters. The Labute approximate surface area is 144 Å². The molecule has 0 saturated carbocycles. The van der Waals surface area contributed by atoms with E-state index in [1.54, 1.807) is 6.07 Å². The van der Waals surface area contributed by atoms with Crippen molar-refractivity contribution in [2.45, 2.75) is 38.4 Å². The first-order chi connectivity index (χ1) is 11.7. The molecule has 1 fully saturated rings. The fourth-order valence-corrected chi connectivity index (χ4v) is 3.02. The first-order valence-corrected chi connectivity index (χ1v) is 8.00. The highest BCUT2D eigenvalue weighted by Crippen LogP contribution is 2.32. The number of alkyl halides is 3. The molecule has 8 heteroatoms. The largest absolute Gasteiger partial charge is 0.471 e. The van der Waals surface area contributed by atoms with E-state index in [-0.39, 0.29) is 17.3 Å². The van der Waals surface area contributed by atoms with Crippen molar-refractivity contribution < 1.29 is 27.5 Å². The first kappa shape index (κ1) is 19.1. The van der Waals surface area contributed by atoms with Gasteiger partial charge in [-0.25, -0.2) is 4.79 Å². The Balaban J connectivity index is 2.43. The van der Waals surface area contributed by atoms with E-state index in [1.165, 1.54) is 19.2 Å². The van der Waals surface area contributed by atoms with Gasteiger partial charge >= 0.3 is 18.1 Å². The van der Waals surface area contributed by atoms with Gasteiger partial charge in [-0.1, -0.05) is 0 Å². The summed E-state index contributed by atoms with van der Waals surface area (Å²) in [6, 6.07) is 4.46. The Morgan fingerprint density at radius 3 is 2.52 bits per heavy atom. The molecule has 1 saturated heterocycles. The van der Waals surface area contributed by atoms with E-state index in [0.29, 0.717) is 10.6 Å². The minimum Gasteiger partial charge on any atom is -0.465 e. The lowest BCUT2D eigenvalue weighted by atomic mass is 10.0. The Bertz CT molecular complexity index is 661. The number of methoxy groups -OCH3 is 1. The van der Waals surface area contributed by atoms with Crippen LogP contribution in [-0.4, -0.2) is 44.8 Å². The molecule has 2 rings (SSSR count). The standard InChI is InChI=1S/C17H21F3N2O3/c1-11-6-4-5-9-22(11)14-8-7-12(10-13(14)15(23)25-3)21(2)16(24)17(18,19)20/h7-8,10-11H,4-6,9H2,1-3H3/t11-/m0/s1. The van der Waals surface area contributed by atoms with Crippen LogP contribution in [0.2, 0.25) is 0 Å². The van der Waals surface area contributed by atoms with Crippen molar-refractivity contribution in [2.75, 3.05) is 30.5 Å². The second-order valence-corrected chi connectivity index (χ2v) is 6.09. The summed E-state index contributed by atoms with van der Waals surface area (Å²) in [5, 5.41) is 0. The van der Waals surface area contributed by atoms with Crippen LogP contribution in [0.3, 0.4) is 0 Å². The minimum absolute atomic E-state index is 0.0175. The van der Waals surface area contributed by atoms with Gasteiger partial charge in [0.1, 0.15) is 0 Å². The van der Waals surface area contributed by atoms with Gasteiger partial charge in [0.2, 0.25) is 0 Å². The van der Waals surface area contributed by atoms with Crippen molar-refractivity contribution in [3.8, 4) is 0 Å². The van der Waals surface area contributed by atoms with Crippen LogP contribution in [0.15, 0.2) is 18.2 Å². The van der Waals surface area contributed by atoms with Gasteiger partial charge in [-0.05, 0) is 44.4 Å². The number of carbonyl (C=O) groups excluding carboxylic acids is 2. The average Bonchev–Trinajstić information content (AvgIpc) is 2.59. The van der Waals surface area contributed by atoms with Crippen LogP contribution in [0.1, 0.15) is 36.5 Å². The van der Waals surface area contributed by atoms with Gasteiger partial charge in [0.05, 0.1) is 18.4 Å². The third-order valence-electron chi connectivity index (χ3n) is 4.43. The third kappa shape index (κ3) is 4.05. The van der Waals surface area contributed by atoms with Crippen molar-refractivity contribution in [1.82, 2.24) is 0 Å². The number of halogens is 3. The number of carbonyl (C=O) groups is 2. The molecule has 1 atom stereocenters. The number of nitrogens with zero attached hydrogens (tertiary/aromatic N) is 2. The second kappa shape index (κ2) is 7.33. The summed E-state index contributed by atoms with van der Waals surface area (Å²) in [4.78, 5) is 26.1. The van der Waals surface area contributed by atoms with Crippen molar-refractivity contribution in [3.05, 3.63) is 23.8 Å². The van der Waals surface area contributed by atoms with E-state index < -0.39 is 18.1 Å². The van der Waals surface area contributed by atoms with Crippen LogP contribution in [-0.2, 0) is 9.53 Å². The molecule has 0 aromatic heterocycles. The number of amides is 1. The summed E-state index contributed by atoms with van der Waals surface area (Å²) in [6.45, 7) is 2.79. The van der Waals surface area contributed by atoms with Gasteiger partial charge in [0.15, 0.2) is 0 Å². The summed E-state index contributed by atoms with van der Waals surface area (Å²) in [7, 11) is 2.23. The van der Waals surface area contributed by atoms with Crippen molar-refractivity contribution in [3.63, 3.8) is 0 Å². The molecule has 1 amide bonds. The van der Waals surface area contributed by atoms with Gasteiger partial charge in [0.25, 0.3) is 0 Å². The molecule has 1 aromatic carbocycles. The van der Waals surface area contributed by atoms with Crippen molar-refractivity contribution in [1.29, 1.82) is 0 Å². The zero-order valence-electron chi connectivity index (χ0n) is 14.4. The smallest absolute Gasteiger partial charge is 0.465 e. The Hall–Kier alpha value is -2.25. The number of piperidine rings is 1. The highest BCUT2D eigenvalue weighted by molar-refractivity contribution is 6.01. The SMILES string of the molecule is COC(=O)c1cc(N(C)C(=O)C(F)(F)F)ccc1N1CCCC[C@@H]1C. The lowest BCUT2D eigenvalue weighted by molar-refractivity contribution is -0.170. The van der Waals surface area contributed by atoms with E-state index in [9.17, 15) is 22.8 Å². The number of hydrogen-bond donors (Lipinski definition) is 0. The predicted molar refractivity (Wildman–Crippen MR) is 87.9 cm³/mol. The number of anilines is 2. The fraction of sp³-hybridized carbons (Fsp3) is 0.529. The molecule has 0 spiro atoms. The van der Waals surface area contributed by atoms with Crippen LogP contribution >= 0.6 is 0 Å². The second-order valence-electron chi connectivity index (χ2n) is 6.09. The van der Waals surface area contributed by atoms with Crippen LogP contribution in [0.5, 0.6) is 0 Å². The molecule has 5 nitrogen and oxygen atoms in total. The third-order valence-corrected chi connectivity index (χ3v) is 4.43. The molecule has 0 radical (unpaired) electrons. The first-order valence-electron chi connectivity index (χ1n) is 8.00. The normalized spacial score (nSPS) is 18.0. The molecular weight excluding hydrogens is 337 g/mol. The maximum atomic E-state index is 12.6. The molecular formula is C17H21F3N2O3. The van der Waals surface area contributed by atoms with Gasteiger partial charge in [-0.15, -0.1) is 0 Å². The van der Waals surface area contributed by atoms with Crippen LogP contribution in [0.4, 0.5) is 24.5 Å². The summed E-state index contributed by atoms with van der Waals surface area (Å²) in [6.07, 6.45) is -1.96. The molecule has 1 aliphatic heterocycles. The number of benzene rings is 1. The number of hydrogen-bond acceptors (Lipinski definition) is 4. The van der Waals surface area contributed by atoms with Crippen LogP contribution < -0.4 is 9.80 Å². The molecule has 138 valence electrons. The fourth-order valence-electron chi connectivity index (χ4n) is 3.02. The molecule has 0 N–H and O–H groups in total. The van der Waals surface area contributed by atoms with Crippen LogP contribution in [0, 0.1) is 0 Å². The average molecular weight is 358 g/mol. The zero-order valence-corrected chi connectivity index (χ0v) is 14.4. The highest BCUT2D eigenvalue weighted by Gasteiger charge is 2.42. The minimum atomic E-state index is -4.99. The molecule has 0 bridgehead atoms. The summed E-state index contributed by atoms with van der Waals surface area (Å²) >= 11 is 0. The van der Waals surface area contributed by atoms with Gasteiger partial charge in [0, 0.05) is 25.3 Å². The monoisotopic (exact) mass is 358 g/mol. The van der Waals surface area contributed by atoms with E-state index in [2.05, 4.69) is 0 Å². The summed E-state index contributed by atoms with van der Waals surface area (Å²) in [5.74, 6) is -2.65. The van der Waals surface area contributed by atoms with Gasteiger partial charge in [-0.2, -0.15) is 13.2 Å². The van der Waals surface area contributed by atoms with Crippen molar-refractivity contribution >= 4 is 23.3 Å². The van der Waals surface area contributed by atoms with E-state index in [0.717, 1.165) is 32.9 Å². The Morgan fingerprint density at radius 1 is 1.28 bits per heavy atom. The Morgan fingerprint density at radius 2 is 1.96 bits per heavy atom. The number of rotatable bonds is 3. The maximum absolute atomic E-state index is 12.6. The summed E-state index contributed by atoms with van der Waals surface area (Å²) in [5.41, 5.74) is 0.738. The van der Waals surface area contributed by atoms with E-state index in [4.69, 9.17) is 4.74 Å². The lowest BCUT2D eigenvalue weighted by Crippen LogP contribution is -2.39. The van der Waals surface area contributed by atoms with E-state index >= 15 is 0 Å². The topological polar surface area (TPSA) is 49.9 Å². The lowest BCUT2D eigenvalue weighted by Gasteiger charge is -2.36. The number of esters is 1. The van der Waals surface area contributed by atoms with Crippen molar-refractivity contribution in [2.24, 2.45) is 0 Å². The quantitative estimate of drug-likeness (QED) is 0.778. The van der Waals surface area contributed by atoms with Crippen LogP contribution in [0.25, 0.3) is 0 Å². The molecule has 1 heterocycles. The maximum Gasteiger partial charge on any atom is 0.471 e. The highest BCUT2D eigenvalue weighted by atomic mass is 19.4. The molecule has 1 aromatic rings. The zero-order chi connectivity index (χ0) is 18.8. The number of ether oxygens (including phenoxy) is 1. The van der Waals surface area contributed by atoms with Gasteiger partial charge < -0.3 is 14.5 Å². The van der Waals surface area contributed by atoms with E-state index in [1.807, 2.05) is 11.8 Å². The summed E-state index contributed by atoms with van der Waals surface area (Å²) < 4.78 is 42.7.